The molecule has 0 aromatic rings. The van der Waals surface area contributed by atoms with Gasteiger partial charge in [0.15, 0.2) is 0 Å². The molecule has 1 N–H and O–H groups in total. The van der Waals surface area contributed by atoms with Crippen LogP contribution in [-0.4, -0.2) is 35.7 Å². The molecule has 1 heterocycles. The first-order chi connectivity index (χ1) is 9.60. The first-order valence-electron chi connectivity index (χ1n) is 8.09. The fraction of sp³-hybridized carbons (Fsp3) is 0.778. The summed E-state index contributed by atoms with van der Waals surface area (Å²) >= 11 is 0. The maximum atomic E-state index is 7.00. The van der Waals surface area contributed by atoms with Crippen molar-refractivity contribution in [2.24, 2.45) is 5.92 Å². The molecule has 2 heteroatoms. The second kappa shape index (κ2) is 13.4. The van der Waals surface area contributed by atoms with Crippen molar-refractivity contribution in [2.75, 3.05) is 13.7 Å². The van der Waals surface area contributed by atoms with E-state index < -0.39 is 0 Å². The van der Waals surface area contributed by atoms with E-state index in [1.165, 1.54) is 25.0 Å². The predicted molar refractivity (Wildman–Crippen MR) is 92.1 cm³/mol. The van der Waals surface area contributed by atoms with Crippen LogP contribution < -0.4 is 0 Å². The molecule has 1 rings (SSSR count). The van der Waals surface area contributed by atoms with Gasteiger partial charge in [0.2, 0.25) is 0 Å². The van der Waals surface area contributed by atoms with E-state index in [0.29, 0.717) is 6.04 Å². The van der Waals surface area contributed by atoms with Crippen LogP contribution in [0.1, 0.15) is 61.3 Å². The number of likely N-dealkylation sites (tertiary alicyclic amines) is 1. The van der Waals surface area contributed by atoms with Crippen molar-refractivity contribution in [3.63, 3.8) is 0 Å². The van der Waals surface area contributed by atoms with Gasteiger partial charge in [-0.3, -0.25) is 4.90 Å². The number of allylic oxidation sites excluding steroid dienone is 2. The van der Waals surface area contributed by atoms with Crippen LogP contribution in [0.5, 0.6) is 0 Å². The van der Waals surface area contributed by atoms with E-state index in [0.717, 1.165) is 19.1 Å². The molecule has 0 radical (unpaired) electrons. The van der Waals surface area contributed by atoms with Gasteiger partial charge in [-0.15, -0.1) is 0 Å². The number of hydrogen-bond acceptors (Lipinski definition) is 2. The minimum absolute atomic E-state index is 0.559. The topological polar surface area (TPSA) is 23.5 Å². The molecule has 20 heavy (non-hydrogen) atoms. The number of piperidine rings is 1. The molecule has 0 aromatic heterocycles. The maximum absolute atomic E-state index is 7.00. The third kappa shape index (κ3) is 7.25. The molecule has 1 fully saturated rings. The average molecular weight is 283 g/mol. The zero-order valence-corrected chi connectivity index (χ0v) is 15.0. The van der Waals surface area contributed by atoms with E-state index in [-0.39, 0.29) is 0 Å². The van der Waals surface area contributed by atoms with Crippen molar-refractivity contribution >= 4 is 0 Å². The molecule has 2 nitrogen and oxygen atoms in total. The molecule has 0 spiro atoms. The second-order valence-corrected chi connectivity index (χ2v) is 5.18. The number of nitrogens with zero attached hydrogens (tertiary/aromatic N) is 1. The van der Waals surface area contributed by atoms with E-state index in [2.05, 4.69) is 57.7 Å². The average Bonchev–Trinajstić information content (AvgIpc) is 2.48. The molecule has 0 bridgehead atoms. The summed E-state index contributed by atoms with van der Waals surface area (Å²) < 4.78 is 0. The highest BCUT2D eigenvalue weighted by molar-refractivity contribution is 5.23. The van der Waals surface area contributed by atoms with Crippen LogP contribution in [0.2, 0.25) is 0 Å². The summed E-state index contributed by atoms with van der Waals surface area (Å²) in [5.41, 5.74) is 1.45. The monoisotopic (exact) mass is 283 g/mol. The van der Waals surface area contributed by atoms with Gasteiger partial charge in [0.05, 0.1) is 0 Å². The molecule has 1 aliphatic rings. The lowest BCUT2D eigenvalue weighted by atomic mass is 9.91. The van der Waals surface area contributed by atoms with E-state index in [1.807, 2.05) is 13.8 Å². The van der Waals surface area contributed by atoms with Gasteiger partial charge in [-0.1, -0.05) is 39.0 Å². The van der Waals surface area contributed by atoms with Gasteiger partial charge in [-0.25, -0.2) is 0 Å². The largest absolute Gasteiger partial charge is 0.400 e. The lowest BCUT2D eigenvalue weighted by Gasteiger charge is -2.41. The zero-order valence-electron chi connectivity index (χ0n) is 15.0. The fourth-order valence-corrected chi connectivity index (χ4v) is 2.86. The quantitative estimate of drug-likeness (QED) is 0.762. The Kier molecular flexibility index (Phi) is 14.5. The summed E-state index contributed by atoms with van der Waals surface area (Å²) in [6.07, 6.45) is 9.33. The summed E-state index contributed by atoms with van der Waals surface area (Å²) in [5.74, 6) is 0.897. The summed E-state index contributed by atoms with van der Waals surface area (Å²) in [6, 6.07) is 1.28. The highest BCUT2D eigenvalue weighted by Crippen LogP contribution is 2.26. The van der Waals surface area contributed by atoms with E-state index in [4.69, 9.17) is 5.11 Å². The Hall–Kier alpha value is -0.600. The maximum Gasteiger partial charge on any atom is 0.0319 e. The van der Waals surface area contributed by atoms with Gasteiger partial charge >= 0.3 is 0 Å². The van der Waals surface area contributed by atoms with Crippen molar-refractivity contribution in [1.29, 1.82) is 0 Å². The minimum Gasteiger partial charge on any atom is -0.400 e. The standard InChI is InChI=1S/C15H27N.C2H6.CH4O/c1-6-8-15(7-2)14(5)16-10-9-12(3)11-13(16)4;2*1-2/h6-8,12-14H,9-11H2,1-5H3;1-2H3;2H,1H3/b8-6-,15-7+;;. The van der Waals surface area contributed by atoms with Gasteiger partial charge in [0, 0.05) is 19.2 Å². The Bertz CT molecular complexity index is 271. The lowest BCUT2D eigenvalue weighted by Crippen LogP contribution is -2.46. The SMILES string of the molecule is C/C=C\C(=C/C)C(C)N1CCC(C)CC1C.CC.CO. The molecule has 3 atom stereocenters. The Morgan fingerprint density at radius 1 is 1.20 bits per heavy atom. The molecule has 1 saturated heterocycles. The van der Waals surface area contributed by atoms with E-state index in [9.17, 15) is 0 Å². The van der Waals surface area contributed by atoms with Crippen molar-refractivity contribution in [3.05, 3.63) is 23.8 Å². The molecule has 0 aliphatic carbocycles. The van der Waals surface area contributed by atoms with E-state index >= 15 is 0 Å². The van der Waals surface area contributed by atoms with Crippen LogP contribution >= 0.6 is 0 Å². The smallest absolute Gasteiger partial charge is 0.0319 e. The summed E-state index contributed by atoms with van der Waals surface area (Å²) in [4.78, 5) is 2.65. The number of rotatable bonds is 3. The van der Waals surface area contributed by atoms with Crippen molar-refractivity contribution in [3.8, 4) is 0 Å². The van der Waals surface area contributed by atoms with Crippen molar-refractivity contribution in [1.82, 2.24) is 4.90 Å². The molecule has 1 aliphatic heterocycles. The number of aliphatic hydroxyl groups excluding tert-OH is 1. The molecule has 120 valence electrons. The molecular formula is C18H37NO. The Morgan fingerprint density at radius 2 is 1.75 bits per heavy atom. The molecular weight excluding hydrogens is 246 g/mol. The fourth-order valence-electron chi connectivity index (χ4n) is 2.86. The van der Waals surface area contributed by atoms with Crippen LogP contribution in [0.15, 0.2) is 23.8 Å². The Labute approximate surface area is 127 Å². The number of hydrogen-bond donors (Lipinski definition) is 1. The van der Waals surface area contributed by atoms with Gasteiger partial charge in [-0.2, -0.15) is 0 Å². The third-order valence-electron chi connectivity index (χ3n) is 3.86. The lowest BCUT2D eigenvalue weighted by molar-refractivity contribution is 0.105. The summed E-state index contributed by atoms with van der Waals surface area (Å²) in [7, 11) is 1.00. The van der Waals surface area contributed by atoms with Crippen LogP contribution in [0.4, 0.5) is 0 Å². The predicted octanol–water partition coefficient (Wildman–Crippen LogP) is 4.65. The van der Waals surface area contributed by atoms with Crippen LogP contribution in [0.25, 0.3) is 0 Å². The normalized spacial score (nSPS) is 25.4. The van der Waals surface area contributed by atoms with Gasteiger partial charge in [-0.05, 0) is 58.6 Å². The van der Waals surface area contributed by atoms with Crippen molar-refractivity contribution in [2.45, 2.75) is 73.4 Å². The first-order valence-corrected chi connectivity index (χ1v) is 8.09. The third-order valence-corrected chi connectivity index (χ3v) is 3.86. The van der Waals surface area contributed by atoms with E-state index in [1.54, 1.807) is 0 Å². The van der Waals surface area contributed by atoms with Gasteiger partial charge in [0.1, 0.15) is 0 Å². The minimum atomic E-state index is 0.559. The van der Waals surface area contributed by atoms with Crippen LogP contribution in [0.3, 0.4) is 0 Å². The van der Waals surface area contributed by atoms with Crippen LogP contribution in [0, 0.1) is 5.92 Å². The van der Waals surface area contributed by atoms with Gasteiger partial charge < -0.3 is 5.11 Å². The Balaban J connectivity index is 0. The summed E-state index contributed by atoms with van der Waals surface area (Å²) in [6.45, 7) is 16.6. The van der Waals surface area contributed by atoms with Crippen molar-refractivity contribution < 1.29 is 5.11 Å². The Morgan fingerprint density at radius 3 is 2.15 bits per heavy atom. The highest BCUT2D eigenvalue weighted by Gasteiger charge is 2.27. The molecule has 0 saturated carbocycles. The zero-order chi connectivity index (χ0) is 16.1. The summed E-state index contributed by atoms with van der Waals surface area (Å²) in [5, 5.41) is 7.00. The molecule has 0 amide bonds. The molecule has 0 aromatic carbocycles. The van der Waals surface area contributed by atoms with Crippen LogP contribution in [-0.2, 0) is 0 Å². The van der Waals surface area contributed by atoms with Gasteiger partial charge in [0.25, 0.3) is 0 Å². The molecule has 3 unspecified atom stereocenters. The highest BCUT2D eigenvalue weighted by atomic mass is 16.2. The number of aliphatic hydroxyl groups is 1. The first kappa shape index (κ1) is 21.7. The second-order valence-electron chi connectivity index (χ2n) is 5.18.